The average molecular weight is 341 g/mol. The monoisotopic (exact) mass is 341 g/mol. The highest BCUT2D eigenvalue weighted by Gasteiger charge is 2.36. The predicted octanol–water partition coefficient (Wildman–Crippen LogP) is 2.00. The number of hydrogen-bond donors (Lipinski definition) is 1. The van der Waals surface area contributed by atoms with Crippen molar-refractivity contribution in [2.45, 2.75) is 12.7 Å². The zero-order valence-corrected chi connectivity index (χ0v) is 12.2. The number of nitrogens with one attached hydrogen (secondary N) is 1. The third kappa shape index (κ3) is 2.85. The van der Waals surface area contributed by atoms with E-state index in [0.29, 0.717) is 0 Å². The van der Waals surface area contributed by atoms with E-state index in [1.807, 2.05) is 0 Å². The number of rotatable bonds is 4. The molecule has 1 N–H and O–H groups in total. The Bertz CT molecular complexity index is 915. The van der Waals surface area contributed by atoms with Crippen LogP contribution >= 0.6 is 0 Å². The van der Waals surface area contributed by atoms with Gasteiger partial charge in [0.05, 0.1) is 0 Å². The summed E-state index contributed by atoms with van der Waals surface area (Å²) < 4.78 is 40.7. The van der Waals surface area contributed by atoms with Crippen LogP contribution in [0.15, 0.2) is 24.5 Å². The average Bonchev–Trinajstić information content (AvgIpc) is 3.07. The fraction of sp³-hybridized carbons (Fsp3) is 0.250. The number of nitro groups is 1. The Morgan fingerprint density at radius 1 is 1.33 bits per heavy atom. The summed E-state index contributed by atoms with van der Waals surface area (Å²) in [6.45, 7) is -0.191. The number of aromatic nitrogens is 5. The minimum Gasteiger partial charge on any atom is -0.363 e. The molecule has 12 heteroatoms. The third-order valence-electron chi connectivity index (χ3n) is 3.16. The normalized spacial score (nSPS) is 11.8. The summed E-state index contributed by atoms with van der Waals surface area (Å²) in [7, 11) is 1.39. The van der Waals surface area contributed by atoms with Crippen molar-refractivity contribution in [3.63, 3.8) is 0 Å². The van der Waals surface area contributed by atoms with E-state index in [4.69, 9.17) is 0 Å². The Labute approximate surface area is 131 Å². The first-order valence-corrected chi connectivity index (χ1v) is 6.58. The van der Waals surface area contributed by atoms with Gasteiger partial charge in [-0.1, -0.05) is 9.61 Å². The lowest BCUT2D eigenvalue weighted by atomic mass is 10.2. The number of anilines is 1. The van der Waals surface area contributed by atoms with Crippen molar-refractivity contribution in [1.82, 2.24) is 24.4 Å². The van der Waals surface area contributed by atoms with Crippen LogP contribution in [0.2, 0.25) is 0 Å². The maximum absolute atomic E-state index is 12.9. The number of fused-ring (bicyclic) bond motifs is 1. The lowest BCUT2D eigenvalue weighted by Gasteiger charge is -2.07. The van der Waals surface area contributed by atoms with Gasteiger partial charge >= 0.3 is 12.0 Å². The predicted molar refractivity (Wildman–Crippen MR) is 75.2 cm³/mol. The summed E-state index contributed by atoms with van der Waals surface area (Å²) in [6.07, 6.45) is -2.28. The van der Waals surface area contributed by atoms with Gasteiger partial charge in [0, 0.05) is 31.4 Å². The molecule has 9 nitrogen and oxygen atoms in total. The Morgan fingerprint density at radius 2 is 2.08 bits per heavy atom. The number of aryl methyl sites for hydroxylation is 1. The van der Waals surface area contributed by atoms with Crippen LogP contribution in [0, 0.1) is 10.1 Å². The van der Waals surface area contributed by atoms with Gasteiger partial charge < -0.3 is 15.4 Å². The SMILES string of the molecule is Cn1cc(CNc2ccc3ncc([N+](=O)[O-])n3n2)c(C(F)(F)F)n1. The Balaban J connectivity index is 1.86. The molecule has 24 heavy (non-hydrogen) atoms. The summed E-state index contributed by atoms with van der Waals surface area (Å²) in [4.78, 5) is 14.0. The maximum Gasteiger partial charge on any atom is 0.435 e. The Morgan fingerprint density at radius 3 is 2.75 bits per heavy atom. The molecule has 0 aliphatic rings. The molecule has 3 aromatic heterocycles. The summed E-state index contributed by atoms with van der Waals surface area (Å²) in [5.41, 5.74) is -0.802. The molecule has 126 valence electrons. The molecule has 0 unspecified atom stereocenters. The molecule has 0 bridgehead atoms. The first-order valence-electron chi connectivity index (χ1n) is 6.58. The third-order valence-corrected chi connectivity index (χ3v) is 3.16. The highest BCUT2D eigenvalue weighted by molar-refractivity contribution is 5.48. The Hall–Kier alpha value is -3.18. The highest BCUT2D eigenvalue weighted by atomic mass is 19.4. The first-order chi connectivity index (χ1) is 11.3. The molecule has 3 rings (SSSR count). The van der Waals surface area contributed by atoms with Crippen molar-refractivity contribution in [1.29, 1.82) is 0 Å². The molecule has 0 aliphatic carbocycles. The molecule has 3 aromatic rings. The zero-order chi connectivity index (χ0) is 17.5. The van der Waals surface area contributed by atoms with Gasteiger partial charge in [-0.3, -0.25) is 4.68 Å². The van der Waals surface area contributed by atoms with E-state index in [-0.39, 0.29) is 29.4 Å². The summed E-state index contributed by atoms with van der Waals surface area (Å²) in [5, 5.41) is 20.9. The van der Waals surface area contributed by atoms with Crippen molar-refractivity contribution in [3.8, 4) is 0 Å². The van der Waals surface area contributed by atoms with Crippen LogP contribution in [0.25, 0.3) is 5.65 Å². The number of alkyl halides is 3. The fourth-order valence-electron chi connectivity index (χ4n) is 2.17. The van der Waals surface area contributed by atoms with Crippen LogP contribution in [0.3, 0.4) is 0 Å². The van der Waals surface area contributed by atoms with Crippen molar-refractivity contribution >= 4 is 17.3 Å². The van der Waals surface area contributed by atoms with Gasteiger partial charge in [0.15, 0.2) is 11.5 Å². The molecular formula is C12H10F3N7O2. The molecule has 3 heterocycles. The molecule has 0 spiro atoms. The van der Waals surface area contributed by atoms with Crippen LogP contribution in [0.5, 0.6) is 0 Å². The molecule has 0 amide bonds. The zero-order valence-electron chi connectivity index (χ0n) is 12.2. The number of halogens is 3. The van der Waals surface area contributed by atoms with E-state index in [1.165, 1.54) is 25.4 Å². The summed E-state index contributed by atoms with van der Waals surface area (Å²) in [5.74, 6) is -0.174. The molecule has 0 atom stereocenters. The maximum atomic E-state index is 12.9. The quantitative estimate of drug-likeness (QED) is 0.575. The smallest absolute Gasteiger partial charge is 0.363 e. The summed E-state index contributed by atoms with van der Waals surface area (Å²) >= 11 is 0. The second-order valence-electron chi connectivity index (χ2n) is 4.89. The largest absolute Gasteiger partial charge is 0.435 e. The Kier molecular flexibility index (Phi) is 3.58. The lowest BCUT2D eigenvalue weighted by molar-refractivity contribution is -0.391. The van der Waals surface area contributed by atoms with Gasteiger partial charge in [-0.2, -0.15) is 18.3 Å². The van der Waals surface area contributed by atoms with Crippen molar-refractivity contribution in [2.75, 3.05) is 5.32 Å². The number of imidazole rings is 1. The topological polar surface area (TPSA) is 103 Å². The van der Waals surface area contributed by atoms with Crippen molar-refractivity contribution < 1.29 is 18.1 Å². The van der Waals surface area contributed by atoms with Gasteiger partial charge in [-0.15, -0.1) is 0 Å². The molecule has 0 fully saturated rings. The van der Waals surface area contributed by atoms with Gasteiger partial charge in [-0.05, 0) is 11.0 Å². The van der Waals surface area contributed by atoms with E-state index in [0.717, 1.165) is 15.4 Å². The highest BCUT2D eigenvalue weighted by Crippen LogP contribution is 2.30. The van der Waals surface area contributed by atoms with E-state index in [2.05, 4.69) is 20.5 Å². The van der Waals surface area contributed by atoms with E-state index < -0.39 is 16.8 Å². The lowest BCUT2D eigenvalue weighted by Crippen LogP contribution is -2.12. The second kappa shape index (κ2) is 5.47. The van der Waals surface area contributed by atoms with Gasteiger partial charge in [0.25, 0.3) is 0 Å². The van der Waals surface area contributed by atoms with E-state index in [9.17, 15) is 23.3 Å². The standard InChI is InChI=1S/C12H10F3N7O2/c1-20-6-7(11(19-20)12(13,14)15)4-16-8-2-3-9-17-5-10(22(23)24)21(9)18-8/h2-3,5-6H,4H2,1H3,(H,16,18). The van der Waals surface area contributed by atoms with Crippen LogP contribution in [0.1, 0.15) is 11.3 Å². The fourth-order valence-corrected chi connectivity index (χ4v) is 2.17. The van der Waals surface area contributed by atoms with Crippen LogP contribution < -0.4 is 5.32 Å². The van der Waals surface area contributed by atoms with Crippen molar-refractivity contribution in [2.24, 2.45) is 7.05 Å². The van der Waals surface area contributed by atoms with Gasteiger partial charge in [-0.25, -0.2) is 4.98 Å². The second-order valence-corrected chi connectivity index (χ2v) is 4.89. The molecule has 0 saturated heterocycles. The minimum atomic E-state index is -4.57. The van der Waals surface area contributed by atoms with Gasteiger partial charge in [0.1, 0.15) is 6.20 Å². The van der Waals surface area contributed by atoms with Crippen LogP contribution in [0.4, 0.5) is 24.8 Å². The van der Waals surface area contributed by atoms with Gasteiger partial charge in [0.2, 0.25) is 5.65 Å². The first kappa shape index (κ1) is 15.7. The minimum absolute atomic E-state index is 0.0629. The molecular weight excluding hydrogens is 331 g/mol. The van der Waals surface area contributed by atoms with Crippen molar-refractivity contribution in [3.05, 3.63) is 45.9 Å². The van der Waals surface area contributed by atoms with E-state index in [1.54, 1.807) is 0 Å². The van der Waals surface area contributed by atoms with E-state index >= 15 is 0 Å². The number of hydrogen-bond acceptors (Lipinski definition) is 6. The van der Waals surface area contributed by atoms with Crippen LogP contribution in [-0.4, -0.2) is 29.3 Å². The molecule has 0 aliphatic heterocycles. The molecule has 0 radical (unpaired) electrons. The number of nitrogens with zero attached hydrogens (tertiary/aromatic N) is 6. The molecule has 0 saturated carbocycles. The molecule has 0 aromatic carbocycles. The summed E-state index contributed by atoms with van der Waals surface area (Å²) in [6, 6.07) is 2.94. The van der Waals surface area contributed by atoms with Crippen LogP contribution in [-0.2, 0) is 19.8 Å².